The van der Waals surface area contributed by atoms with Gasteiger partial charge in [0, 0.05) is 11.9 Å². The van der Waals surface area contributed by atoms with Crippen molar-refractivity contribution in [3.63, 3.8) is 0 Å². The number of aromatic nitrogens is 3. The van der Waals surface area contributed by atoms with Gasteiger partial charge >= 0.3 is 0 Å². The molecule has 1 amide bonds. The van der Waals surface area contributed by atoms with Crippen LogP contribution in [0.1, 0.15) is 12.5 Å². The van der Waals surface area contributed by atoms with Gasteiger partial charge in [0.1, 0.15) is 0 Å². The molecule has 0 aliphatic heterocycles. The molecule has 3 rings (SSSR count). The van der Waals surface area contributed by atoms with Crippen LogP contribution >= 0.6 is 11.8 Å². The minimum atomic E-state index is -0.270. The van der Waals surface area contributed by atoms with E-state index in [2.05, 4.69) is 15.5 Å². The number of amides is 1. The van der Waals surface area contributed by atoms with Gasteiger partial charge in [0.2, 0.25) is 5.91 Å². The summed E-state index contributed by atoms with van der Waals surface area (Å²) in [4.78, 5) is 12.3. The number of carbonyl (C=O) groups excluding carboxylic acids is 1. The molecular weight excluding hydrogens is 296 g/mol. The van der Waals surface area contributed by atoms with Crippen LogP contribution in [0.15, 0.2) is 53.8 Å². The van der Waals surface area contributed by atoms with Crippen molar-refractivity contribution in [2.45, 2.75) is 24.3 Å². The number of carbonyl (C=O) groups is 1. The fraction of sp³-hybridized carbons (Fsp3) is 0.188. The van der Waals surface area contributed by atoms with Gasteiger partial charge in [-0.15, -0.1) is 10.2 Å². The highest BCUT2D eigenvalue weighted by atomic mass is 32.2. The summed E-state index contributed by atoms with van der Waals surface area (Å²) in [6.07, 6.45) is 1.89. The van der Waals surface area contributed by atoms with Crippen molar-refractivity contribution in [2.75, 3.05) is 5.32 Å². The number of hydrogen-bond donors (Lipinski definition) is 1. The minimum Gasteiger partial charge on any atom is -0.325 e. The lowest BCUT2D eigenvalue weighted by atomic mass is 10.2. The van der Waals surface area contributed by atoms with E-state index in [4.69, 9.17) is 0 Å². The maximum absolute atomic E-state index is 12.3. The Morgan fingerprint density at radius 2 is 2.09 bits per heavy atom. The largest absolute Gasteiger partial charge is 0.325 e. The number of thioether (sulfide) groups is 1. The molecule has 1 aromatic carbocycles. The van der Waals surface area contributed by atoms with Crippen LogP contribution in [-0.2, 0) is 4.79 Å². The topological polar surface area (TPSA) is 59.3 Å². The number of nitrogens with one attached hydrogen (secondary N) is 1. The average Bonchev–Trinajstić information content (AvgIpc) is 2.90. The highest BCUT2D eigenvalue weighted by molar-refractivity contribution is 8.00. The van der Waals surface area contributed by atoms with Crippen molar-refractivity contribution < 1.29 is 4.79 Å². The number of anilines is 1. The first-order chi connectivity index (χ1) is 10.6. The molecule has 5 nitrogen and oxygen atoms in total. The van der Waals surface area contributed by atoms with Crippen LogP contribution in [0.2, 0.25) is 0 Å². The second-order valence-corrected chi connectivity index (χ2v) is 6.34. The highest BCUT2D eigenvalue weighted by Gasteiger charge is 2.17. The number of aryl methyl sites for hydroxylation is 1. The SMILES string of the molecule is Cc1cccc(NC(=O)C(C)Sc2nnc3ccccn23)c1. The molecule has 6 heteroatoms. The zero-order chi connectivity index (χ0) is 15.5. The fourth-order valence-electron chi connectivity index (χ4n) is 2.08. The number of fused-ring (bicyclic) bond motifs is 1. The summed E-state index contributed by atoms with van der Waals surface area (Å²) >= 11 is 1.39. The standard InChI is InChI=1S/C16H16N4OS/c1-11-6-5-7-13(10-11)17-15(21)12(2)22-16-19-18-14-8-3-4-9-20(14)16/h3-10,12H,1-2H3,(H,17,21). The zero-order valence-electron chi connectivity index (χ0n) is 12.4. The van der Waals surface area contributed by atoms with Crippen LogP contribution in [0.5, 0.6) is 0 Å². The molecule has 1 atom stereocenters. The van der Waals surface area contributed by atoms with Gasteiger partial charge in [-0.2, -0.15) is 0 Å². The lowest BCUT2D eigenvalue weighted by Crippen LogP contribution is -2.22. The first kappa shape index (κ1) is 14.6. The predicted molar refractivity (Wildman–Crippen MR) is 88.1 cm³/mol. The van der Waals surface area contributed by atoms with E-state index in [9.17, 15) is 4.79 Å². The maximum Gasteiger partial charge on any atom is 0.237 e. The van der Waals surface area contributed by atoms with Gasteiger partial charge in [-0.25, -0.2) is 0 Å². The monoisotopic (exact) mass is 312 g/mol. The van der Waals surface area contributed by atoms with Crippen LogP contribution in [0.4, 0.5) is 5.69 Å². The van der Waals surface area contributed by atoms with Gasteiger partial charge in [0.15, 0.2) is 10.8 Å². The lowest BCUT2D eigenvalue weighted by Gasteiger charge is -2.11. The number of nitrogens with zero attached hydrogens (tertiary/aromatic N) is 3. The third kappa shape index (κ3) is 3.12. The van der Waals surface area contributed by atoms with E-state index >= 15 is 0 Å². The van der Waals surface area contributed by atoms with Gasteiger partial charge in [0.25, 0.3) is 0 Å². The van der Waals surface area contributed by atoms with Crippen LogP contribution in [0.25, 0.3) is 5.65 Å². The van der Waals surface area contributed by atoms with E-state index in [1.54, 1.807) is 0 Å². The van der Waals surface area contributed by atoms with Crippen molar-refractivity contribution in [1.29, 1.82) is 0 Å². The Hall–Kier alpha value is -2.34. The molecule has 1 N–H and O–H groups in total. The third-order valence-corrected chi connectivity index (χ3v) is 4.28. The van der Waals surface area contributed by atoms with Gasteiger partial charge < -0.3 is 5.32 Å². The molecule has 0 aliphatic carbocycles. The maximum atomic E-state index is 12.3. The molecule has 0 radical (unpaired) electrons. The quantitative estimate of drug-likeness (QED) is 0.752. The van der Waals surface area contributed by atoms with E-state index in [-0.39, 0.29) is 11.2 Å². The van der Waals surface area contributed by atoms with Gasteiger partial charge in [0.05, 0.1) is 5.25 Å². The molecule has 3 aromatic rings. The summed E-state index contributed by atoms with van der Waals surface area (Å²) in [7, 11) is 0. The molecule has 0 aliphatic rings. The van der Waals surface area contributed by atoms with Crippen molar-refractivity contribution in [1.82, 2.24) is 14.6 Å². The minimum absolute atomic E-state index is 0.0525. The Kier molecular flexibility index (Phi) is 4.11. The number of benzene rings is 1. The number of hydrogen-bond acceptors (Lipinski definition) is 4. The Labute approximate surface area is 132 Å². The molecule has 2 aromatic heterocycles. The molecule has 1 unspecified atom stereocenters. The molecule has 0 saturated carbocycles. The zero-order valence-corrected chi connectivity index (χ0v) is 13.2. The normalized spacial score (nSPS) is 12.3. The summed E-state index contributed by atoms with van der Waals surface area (Å²) in [5, 5.41) is 11.6. The summed E-state index contributed by atoms with van der Waals surface area (Å²) in [6, 6.07) is 13.5. The first-order valence-electron chi connectivity index (χ1n) is 6.97. The summed E-state index contributed by atoms with van der Waals surface area (Å²) in [5.74, 6) is -0.0525. The third-order valence-electron chi connectivity index (χ3n) is 3.22. The van der Waals surface area contributed by atoms with Gasteiger partial charge in [-0.3, -0.25) is 9.20 Å². The van der Waals surface area contributed by atoms with E-state index in [0.717, 1.165) is 16.9 Å². The van der Waals surface area contributed by atoms with E-state index < -0.39 is 0 Å². The predicted octanol–water partition coefficient (Wildman–Crippen LogP) is 3.16. The molecule has 0 saturated heterocycles. The highest BCUT2D eigenvalue weighted by Crippen LogP contribution is 2.23. The fourth-order valence-corrected chi connectivity index (χ4v) is 2.92. The lowest BCUT2D eigenvalue weighted by molar-refractivity contribution is -0.115. The summed E-state index contributed by atoms with van der Waals surface area (Å²) in [5.41, 5.74) is 2.70. The first-order valence-corrected chi connectivity index (χ1v) is 7.85. The average molecular weight is 312 g/mol. The molecular formula is C16H16N4OS. The smallest absolute Gasteiger partial charge is 0.237 e. The van der Waals surface area contributed by atoms with Crippen molar-refractivity contribution >= 4 is 29.0 Å². The Morgan fingerprint density at radius 1 is 1.23 bits per heavy atom. The molecule has 22 heavy (non-hydrogen) atoms. The summed E-state index contributed by atoms with van der Waals surface area (Å²) in [6.45, 7) is 3.86. The molecule has 0 fully saturated rings. The number of pyridine rings is 1. The molecule has 0 spiro atoms. The Balaban J connectivity index is 1.71. The van der Waals surface area contributed by atoms with Crippen LogP contribution in [-0.4, -0.2) is 25.8 Å². The summed E-state index contributed by atoms with van der Waals surface area (Å²) < 4.78 is 1.88. The van der Waals surface area contributed by atoms with E-state index in [1.165, 1.54) is 11.8 Å². The van der Waals surface area contributed by atoms with Crippen molar-refractivity contribution in [2.24, 2.45) is 0 Å². The van der Waals surface area contributed by atoms with Gasteiger partial charge in [-0.05, 0) is 43.7 Å². The van der Waals surface area contributed by atoms with E-state index in [1.807, 2.05) is 66.9 Å². The Bertz CT molecular complexity index is 815. The second kappa shape index (κ2) is 6.19. The molecule has 2 heterocycles. The van der Waals surface area contributed by atoms with Gasteiger partial charge in [-0.1, -0.05) is 30.0 Å². The van der Waals surface area contributed by atoms with Crippen molar-refractivity contribution in [3.05, 3.63) is 54.2 Å². The van der Waals surface area contributed by atoms with Crippen LogP contribution in [0, 0.1) is 6.92 Å². The Morgan fingerprint density at radius 3 is 2.91 bits per heavy atom. The van der Waals surface area contributed by atoms with E-state index in [0.29, 0.717) is 5.16 Å². The second-order valence-electron chi connectivity index (χ2n) is 5.03. The molecule has 0 bridgehead atoms. The van der Waals surface area contributed by atoms with Crippen LogP contribution in [0.3, 0.4) is 0 Å². The number of rotatable bonds is 4. The molecule has 112 valence electrons. The van der Waals surface area contributed by atoms with Crippen LogP contribution < -0.4 is 5.32 Å². The van der Waals surface area contributed by atoms with Crippen molar-refractivity contribution in [3.8, 4) is 0 Å².